The maximum atomic E-state index is 13.5. The van der Waals surface area contributed by atoms with Gasteiger partial charge in [-0.3, -0.25) is 4.98 Å². The van der Waals surface area contributed by atoms with Gasteiger partial charge in [-0.25, -0.2) is 4.39 Å². The summed E-state index contributed by atoms with van der Waals surface area (Å²) in [4.78, 5) is 4.64. The highest BCUT2D eigenvalue weighted by molar-refractivity contribution is 5.63. The van der Waals surface area contributed by atoms with Gasteiger partial charge in [0.05, 0.1) is 17.9 Å². The Morgan fingerprint density at radius 2 is 1.94 bits per heavy atom. The molecule has 1 saturated heterocycles. The van der Waals surface area contributed by atoms with Crippen molar-refractivity contribution in [1.82, 2.24) is 4.98 Å². The molecular formula is C28H36FNO. The van der Waals surface area contributed by atoms with Crippen molar-refractivity contribution in [2.45, 2.75) is 64.9 Å². The number of hydrogen-bond acceptors (Lipinski definition) is 2. The van der Waals surface area contributed by atoms with Crippen molar-refractivity contribution in [2.24, 2.45) is 23.7 Å². The number of ether oxygens (including phenoxy) is 1. The molecule has 3 aliphatic rings. The number of allylic oxidation sites excluding steroid dienone is 1. The van der Waals surface area contributed by atoms with Crippen LogP contribution in [0.15, 0.2) is 48.7 Å². The van der Waals surface area contributed by atoms with Gasteiger partial charge < -0.3 is 4.74 Å². The van der Waals surface area contributed by atoms with E-state index in [1.165, 1.54) is 44.6 Å². The average Bonchev–Trinajstić information content (AvgIpc) is 3.58. The van der Waals surface area contributed by atoms with Crippen molar-refractivity contribution >= 4 is 6.08 Å². The molecule has 2 aliphatic carbocycles. The van der Waals surface area contributed by atoms with Gasteiger partial charge in [0.1, 0.15) is 5.82 Å². The van der Waals surface area contributed by atoms with Crippen LogP contribution in [-0.4, -0.2) is 17.2 Å². The zero-order valence-corrected chi connectivity index (χ0v) is 19.2. The molecule has 1 aromatic carbocycles. The lowest BCUT2D eigenvalue weighted by atomic mass is 9.57. The molecule has 5 atom stereocenters. The second-order valence-electron chi connectivity index (χ2n) is 9.20. The molecule has 5 rings (SSSR count). The van der Waals surface area contributed by atoms with Gasteiger partial charge in [0.25, 0.3) is 0 Å². The molecule has 166 valence electrons. The van der Waals surface area contributed by atoms with Crippen molar-refractivity contribution in [1.29, 1.82) is 0 Å². The van der Waals surface area contributed by atoms with Gasteiger partial charge in [-0.2, -0.15) is 0 Å². The van der Waals surface area contributed by atoms with Crippen LogP contribution in [0.5, 0.6) is 0 Å². The summed E-state index contributed by atoms with van der Waals surface area (Å²) in [6.45, 7) is 7.28. The lowest BCUT2D eigenvalue weighted by Crippen LogP contribution is -2.45. The number of aromatic nitrogens is 1. The SMILES string of the molecule is CC.CCC1[C@@H](/C=C/c2ccc(-c3cccc(F)c3)cn2)C2CCCCC2CC12CO2. The molecule has 2 heterocycles. The molecule has 31 heavy (non-hydrogen) atoms. The van der Waals surface area contributed by atoms with E-state index in [-0.39, 0.29) is 11.4 Å². The van der Waals surface area contributed by atoms with Crippen LogP contribution in [-0.2, 0) is 4.74 Å². The number of halogens is 1. The summed E-state index contributed by atoms with van der Waals surface area (Å²) in [5.41, 5.74) is 2.95. The fraction of sp³-hybridized carbons (Fsp3) is 0.536. The summed E-state index contributed by atoms with van der Waals surface area (Å²) in [5, 5.41) is 0. The molecule has 3 heteroatoms. The second-order valence-corrected chi connectivity index (χ2v) is 9.20. The first-order valence-electron chi connectivity index (χ1n) is 12.2. The third-order valence-electron chi connectivity index (χ3n) is 7.60. The van der Waals surface area contributed by atoms with E-state index < -0.39 is 0 Å². The Hall–Kier alpha value is -2.00. The first-order valence-corrected chi connectivity index (χ1v) is 12.2. The van der Waals surface area contributed by atoms with E-state index in [0.717, 1.165) is 35.3 Å². The molecule has 1 spiro atoms. The topological polar surface area (TPSA) is 25.4 Å². The third-order valence-corrected chi connectivity index (χ3v) is 7.60. The number of hydrogen-bond donors (Lipinski definition) is 0. The van der Waals surface area contributed by atoms with Crippen molar-refractivity contribution < 1.29 is 9.13 Å². The van der Waals surface area contributed by atoms with E-state index in [2.05, 4.69) is 24.1 Å². The Bertz CT molecular complexity index is 886. The Labute approximate surface area is 186 Å². The largest absolute Gasteiger partial charge is 0.369 e. The molecular weight excluding hydrogens is 385 g/mol. The van der Waals surface area contributed by atoms with Crippen molar-refractivity contribution in [3.05, 3.63) is 60.2 Å². The van der Waals surface area contributed by atoms with Crippen LogP contribution in [0, 0.1) is 29.5 Å². The van der Waals surface area contributed by atoms with Gasteiger partial charge in [-0.15, -0.1) is 0 Å². The molecule has 2 aromatic rings. The minimum Gasteiger partial charge on any atom is -0.369 e. The summed E-state index contributed by atoms with van der Waals surface area (Å²) in [5.74, 6) is 2.63. The van der Waals surface area contributed by atoms with Crippen LogP contribution < -0.4 is 0 Å². The molecule has 0 bridgehead atoms. The van der Waals surface area contributed by atoms with Gasteiger partial charge in [-0.1, -0.05) is 64.3 Å². The van der Waals surface area contributed by atoms with Gasteiger partial charge in [0.2, 0.25) is 0 Å². The predicted octanol–water partition coefficient (Wildman–Crippen LogP) is 7.55. The zero-order chi connectivity index (χ0) is 21.8. The highest BCUT2D eigenvalue weighted by atomic mass is 19.1. The minimum absolute atomic E-state index is 0.164. The van der Waals surface area contributed by atoms with Gasteiger partial charge >= 0.3 is 0 Å². The Balaban J connectivity index is 0.00000112. The number of fused-ring (bicyclic) bond motifs is 1. The van der Waals surface area contributed by atoms with Crippen molar-refractivity contribution in [3.8, 4) is 11.1 Å². The van der Waals surface area contributed by atoms with E-state index in [4.69, 9.17) is 4.74 Å². The maximum Gasteiger partial charge on any atom is 0.123 e. The van der Waals surface area contributed by atoms with Gasteiger partial charge in [0, 0.05) is 11.8 Å². The fourth-order valence-electron chi connectivity index (χ4n) is 6.14. The van der Waals surface area contributed by atoms with Gasteiger partial charge in [-0.05, 0) is 72.8 Å². The van der Waals surface area contributed by atoms with Crippen LogP contribution in [0.2, 0.25) is 0 Å². The Kier molecular flexibility index (Phi) is 6.91. The van der Waals surface area contributed by atoms with Crippen LogP contribution >= 0.6 is 0 Å². The molecule has 4 unspecified atom stereocenters. The first-order chi connectivity index (χ1) is 15.2. The molecule has 1 aromatic heterocycles. The molecule has 0 amide bonds. The average molecular weight is 422 g/mol. The lowest BCUT2D eigenvalue weighted by Gasteiger charge is -2.47. The number of nitrogens with zero attached hydrogens (tertiary/aromatic N) is 1. The highest BCUT2D eigenvalue weighted by Crippen LogP contribution is 2.58. The first kappa shape index (κ1) is 22.2. The van der Waals surface area contributed by atoms with E-state index >= 15 is 0 Å². The normalized spacial score (nSPS) is 31.7. The maximum absolute atomic E-state index is 13.5. The number of pyridine rings is 1. The van der Waals surface area contributed by atoms with Crippen LogP contribution in [0.3, 0.4) is 0 Å². The number of benzene rings is 1. The van der Waals surface area contributed by atoms with Crippen molar-refractivity contribution in [3.63, 3.8) is 0 Å². The Morgan fingerprint density at radius 1 is 1.13 bits per heavy atom. The second kappa shape index (κ2) is 9.65. The van der Waals surface area contributed by atoms with E-state index in [0.29, 0.717) is 11.8 Å². The molecule has 3 fully saturated rings. The van der Waals surface area contributed by atoms with E-state index in [9.17, 15) is 4.39 Å². The summed E-state index contributed by atoms with van der Waals surface area (Å²) in [6.07, 6.45) is 14.4. The highest BCUT2D eigenvalue weighted by Gasteiger charge is 2.59. The summed E-state index contributed by atoms with van der Waals surface area (Å²) >= 11 is 0. The lowest BCUT2D eigenvalue weighted by molar-refractivity contribution is 0.0105. The molecule has 0 N–H and O–H groups in total. The molecule has 2 saturated carbocycles. The summed E-state index contributed by atoms with van der Waals surface area (Å²) in [7, 11) is 0. The Morgan fingerprint density at radius 3 is 2.61 bits per heavy atom. The van der Waals surface area contributed by atoms with Gasteiger partial charge in [0.15, 0.2) is 0 Å². The number of rotatable bonds is 4. The van der Waals surface area contributed by atoms with Crippen LogP contribution in [0.1, 0.15) is 65.0 Å². The van der Waals surface area contributed by atoms with Crippen LogP contribution in [0.25, 0.3) is 17.2 Å². The molecule has 0 radical (unpaired) electrons. The monoisotopic (exact) mass is 421 g/mol. The fourth-order valence-corrected chi connectivity index (χ4v) is 6.14. The third kappa shape index (κ3) is 4.62. The van der Waals surface area contributed by atoms with Crippen LogP contribution in [0.4, 0.5) is 4.39 Å². The molecule has 1 aliphatic heterocycles. The van der Waals surface area contributed by atoms with Crippen molar-refractivity contribution in [2.75, 3.05) is 6.61 Å². The number of epoxide rings is 1. The standard InChI is InChI=1S/C26H30FNO.C2H6/c1-2-25-24(23-9-4-3-6-19(23)15-26(25)17-29-26)13-12-22-11-10-20(16-28-22)18-7-5-8-21(27)14-18;1-2/h5,7-8,10-14,16,19,23-25H,2-4,6,9,15,17H2,1H3;1-2H3/b13-12+;/t19?,23?,24-,25?,26?;/m0./s1. The quantitative estimate of drug-likeness (QED) is 0.476. The summed E-state index contributed by atoms with van der Waals surface area (Å²) < 4.78 is 19.6. The summed E-state index contributed by atoms with van der Waals surface area (Å²) in [6, 6.07) is 10.8. The zero-order valence-electron chi connectivity index (χ0n) is 19.2. The molecule has 2 nitrogen and oxygen atoms in total. The van der Waals surface area contributed by atoms with E-state index in [1.54, 1.807) is 12.1 Å². The van der Waals surface area contributed by atoms with E-state index in [1.807, 2.05) is 38.2 Å². The smallest absolute Gasteiger partial charge is 0.123 e. The predicted molar refractivity (Wildman–Crippen MR) is 126 cm³/mol. The minimum atomic E-state index is -0.215.